The Kier molecular flexibility index (Phi) is 7.22. The molecule has 2 amide bonds. The number of rotatable bonds is 6. The van der Waals surface area contributed by atoms with Gasteiger partial charge in [-0.25, -0.2) is 14.6 Å². The Labute approximate surface area is 199 Å². The van der Waals surface area contributed by atoms with E-state index in [1.165, 1.54) is 12.8 Å². The number of hydrogen-bond acceptors (Lipinski definition) is 6. The summed E-state index contributed by atoms with van der Waals surface area (Å²) < 4.78 is 11.0. The Morgan fingerprint density at radius 1 is 1.12 bits per heavy atom. The van der Waals surface area contributed by atoms with Crippen molar-refractivity contribution in [2.75, 3.05) is 25.0 Å². The summed E-state index contributed by atoms with van der Waals surface area (Å²) in [7, 11) is 0. The Balaban J connectivity index is 1.25. The zero-order valence-corrected chi connectivity index (χ0v) is 20.5. The highest BCUT2D eigenvalue weighted by Gasteiger charge is 2.27. The van der Waals surface area contributed by atoms with Gasteiger partial charge in [0.25, 0.3) is 0 Å². The molecule has 1 aliphatic heterocycles. The molecule has 2 aromatic rings. The van der Waals surface area contributed by atoms with Crippen molar-refractivity contribution in [1.29, 1.82) is 0 Å². The number of carbonyl (C=O) groups excluding carboxylic acids is 2. The molecule has 1 aliphatic carbocycles. The highest BCUT2D eigenvalue weighted by atomic mass is 32.1. The van der Waals surface area contributed by atoms with Crippen LogP contribution < -0.4 is 5.32 Å². The first-order valence-corrected chi connectivity index (χ1v) is 12.6. The third-order valence-corrected chi connectivity index (χ3v) is 6.78. The zero-order chi connectivity index (χ0) is 23.4. The van der Waals surface area contributed by atoms with Gasteiger partial charge in [-0.3, -0.25) is 5.32 Å². The average molecular weight is 472 g/mol. The number of likely N-dealkylation sites (tertiary alicyclic amines) is 1. The molecule has 1 saturated heterocycles. The van der Waals surface area contributed by atoms with Crippen molar-refractivity contribution in [3.05, 3.63) is 35.3 Å². The molecular weight excluding hydrogens is 438 g/mol. The number of anilines is 1. The normalized spacial score (nSPS) is 17.0. The third-order valence-electron chi connectivity index (χ3n) is 5.86. The van der Waals surface area contributed by atoms with E-state index in [1.54, 1.807) is 16.2 Å². The Morgan fingerprint density at radius 3 is 2.55 bits per heavy atom. The molecule has 0 radical (unpaired) electrons. The molecule has 33 heavy (non-hydrogen) atoms. The molecule has 0 unspecified atom stereocenters. The van der Waals surface area contributed by atoms with Crippen LogP contribution in [0, 0.1) is 11.8 Å². The maximum atomic E-state index is 12.5. The summed E-state index contributed by atoms with van der Waals surface area (Å²) in [6.07, 6.45) is 4.47. The molecule has 1 aromatic heterocycles. The second kappa shape index (κ2) is 10.1. The standard InChI is InChI=1S/C25H33N3O4S/c1-25(2,3)32-24(30)28-12-10-18(11-13-28)15-31-23(29)27-21-7-5-4-6-20(21)22-26-19(16-33-22)14-17-8-9-17/h4-7,16-18H,8-15H2,1-3H3,(H,27,29). The van der Waals surface area contributed by atoms with Gasteiger partial charge in [0.1, 0.15) is 10.6 Å². The van der Waals surface area contributed by atoms with E-state index in [1.807, 2.05) is 45.0 Å². The van der Waals surface area contributed by atoms with Gasteiger partial charge in [0.15, 0.2) is 0 Å². The monoisotopic (exact) mass is 471 g/mol. The zero-order valence-electron chi connectivity index (χ0n) is 19.6. The maximum absolute atomic E-state index is 12.5. The van der Waals surface area contributed by atoms with Crippen molar-refractivity contribution in [3.8, 4) is 10.6 Å². The van der Waals surface area contributed by atoms with Crippen LogP contribution in [0.4, 0.5) is 15.3 Å². The van der Waals surface area contributed by atoms with E-state index in [9.17, 15) is 9.59 Å². The SMILES string of the molecule is CC(C)(C)OC(=O)N1CCC(COC(=O)Nc2ccccc2-c2nc(CC3CC3)cs2)CC1. The lowest BCUT2D eigenvalue weighted by Gasteiger charge is -2.33. The van der Waals surface area contributed by atoms with Gasteiger partial charge in [-0.05, 0) is 76.8 Å². The first-order valence-electron chi connectivity index (χ1n) is 11.7. The fourth-order valence-corrected chi connectivity index (χ4v) is 4.74. The highest BCUT2D eigenvalue weighted by molar-refractivity contribution is 7.13. The molecule has 2 aliphatic rings. The smallest absolute Gasteiger partial charge is 0.411 e. The molecule has 1 aromatic carbocycles. The molecule has 0 bridgehead atoms. The van der Waals surface area contributed by atoms with Gasteiger partial charge in [-0.1, -0.05) is 12.1 Å². The van der Waals surface area contributed by atoms with Gasteiger partial charge >= 0.3 is 12.2 Å². The van der Waals surface area contributed by atoms with Crippen LogP contribution in [0.2, 0.25) is 0 Å². The summed E-state index contributed by atoms with van der Waals surface area (Å²) in [5.41, 5.74) is 2.25. The molecule has 4 rings (SSSR count). The second-order valence-corrected chi connectivity index (χ2v) is 10.8. The number of aromatic nitrogens is 1. The summed E-state index contributed by atoms with van der Waals surface area (Å²) in [4.78, 5) is 31.2. The van der Waals surface area contributed by atoms with Crippen LogP contribution in [0.25, 0.3) is 10.6 Å². The lowest BCUT2D eigenvalue weighted by atomic mass is 9.98. The maximum Gasteiger partial charge on any atom is 0.411 e. The number of ether oxygens (including phenoxy) is 2. The summed E-state index contributed by atoms with van der Waals surface area (Å²) in [6.45, 7) is 7.15. The fourth-order valence-electron chi connectivity index (χ4n) is 3.87. The van der Waals surface area contributed by atoms with Crippen LogP contribution in [-0.2, 0) is 15.9 Å². The predicted molar refractivity (Wildman–Crippen MR) is 129 cm³/mol. The number of thiazole rings is 1. The number of nitrogens with one attached hydrogen (secondary N) is 1. The molecular formula is C25H33N3O4S. The van der Waals surface area contributed by atoms with Crippen LogP contribution in [0.5, 0.6) is 0 Å². The second-order valence-electron chi connectivity index (χ2n) is 9.97. The predicted octanol–water partition coefficient (Wildman–Crippen LogP) is 5.96. The third kappa shape index (κ3) is 6.93. The molecule has 1 saturated carbocycles. The van der Waals surface area contributed by atoms with Crippen LogP contribution in [0.3, 0.4) is 0 Å². The average Bonchev–Trinajstić information content (AvgIpc) is 3.46. The van der Waals surface area contributed by atoms with Gasteiger partial charge in [0, 0.05) is 24.0 Å². The van der Waals surface area contributed by atoms with Gasteiger partial charge in [-0.15, -0.1) is 11.3 Å². The van der Waals surface area contributed by atoms with Gasteiger partial charge in [0.2, 0.25) is 0 Å². The topological polar surface area (TPSA) is 80.8 Å². The Morgan fingerprint density at radius 2 is 1.85 bits per heavy atom. The van der Waals surface area contributed by atoms with Crippen LogP contribution in [0.1, 0.15) is 52.1 Å². The molecule has 2 heterocycles. The molecule has 0 spiro atoms. The first-order chi connectivity index (χ1) is 15.8. The number of hydrogen-bond donors (Lipinski definition) is 1. The van der Waals surface area contributed by atoms with Crippen molar-refractivity contribution in [2.45, 2.75) is 58.5 Å². The summed E-state index contributed by atoms with van der Waals surface area (Å²) in [5, 5.41) is 5.92. The first kappa shape index (κ1) is 23.5. The van der Waals surface area contributed by atoms with Gasteiger partial charge in [-0.2, -0.15) is 0 Å². The van der Waals surface area contributed by atoms with E-state index < -0.39 is 11.7 Å². The lowest BCUT2D eigenvalue weighted by molar-refractivity contribution is 0.0153. The largest absolute Gasteiger partial charge is 0.449 e. The molecule has 1 N–H and O–H groups in total. The number of piperidine rings is 1. The number of nitrogens with zero attached hydrogens (tertiary/aromatic N) is 2. The molecule has 178 valence electrons. The van der Waals surface area contributed by atoms with Crippen molar-refractivity contribution in [2.24, 2.45) is 11.8 Å². The van der Waals surface area contributed by atoms with Gasteiger partial charge < -0.3 is 14.4 Å². The van der Waals surface area contributed by atoms with Crippen molar-refractivity contribution in [1.82, 2.24) is 9.88 Å². The van der Waals surface area contributed by atoms with E-state index in [2.05, 4.69) is 10.7 Å². The van der Waals surface area contributed by atoms with Crippen molar-refractivity contribution < 1.29 is 19.1 Å². The minimum absolute atomic E-state index is 0.230. The molecule has 7 nitrogen and oxygen atoms in total. The molecule has 2 fully saturated rings. The van der Waals surface area contributed by atoms with E-state index in [4.69, 9.17) is 14.5 Å². The molecule has 0 atom stereocenters. The minimum Gasteiger partial charge on any atom is -0.449 e. The van der Waals surface area contributed by atoms with Crippen molar-refractivity contribution >= 4 is 29.2 Å². The lowest BCUT2D eigenvalue weighted by Crippen LogP contribution is -2.42. The fraction of sp³-hybridized carbons (Fsp3) is 0.560. The van der Waals surface area contributed by atoms with E-state index in [0.29, 0.717) is 25.4 Å². The van der Waals surface area contributed by atoms with Gasteiger partial charge in [0.05, 0.1) is 18.0 Å². The van der Waals surface area contributed by atoms with Crippen LogP contribution in [-0.4, -0.2) is 47.4 Å². The number of para-hydroxylation sites is 1. The Bertz CT molecular complexity index is 972. The number of benzene rings is 1. The van der Waals surface area contributed by atoms with Crippen molar-refractivity contribution in [3.63, 3.8) is 0 Å². The van der Waals surface area contributed by atoms with Crippen LogP contribution in [0.15, 0.2) is 29.6 Å². The minimum atomic E-state index is -0.497. The van der Waals surface area contributed by atoms with E-state index >= 15 is 0 Å². The summed E-state index contributed by atoms with van der Waals surface area (Å²) in [5.74, 6) is 1.02. The highest BCUT2D eigenvalue weighted by Crippen LogP contribution is 2.35. The number of carbonyl (C=O) groups is 2. The van der Waals surface area contributed by atoms with E-state index in [0.717, 1.165) is 41.4 Å². The van der Waals surface area contributed by atoms with Crippen LogP contribution >= 0.6 is 11.3 Å². The van der Waals surface area contributed by atoms with E-state index in [-0.39, 0.29) is 12.0 Å². The quantitative estimate of drug-likeness (QED) is 0.562. The summed E-state index contributed by atoms with van der Waals surface area (Å²) >= 11 is 1.61. The number of amides is 2. The Hall–Kier alpha value is -2.61. The molecule has 8 heteroatoms. The summed E-state index contributed by atoms with van der Waals surface area (Å²) in [6, 6.07) is 7.69.